The van der Waals surface area contributed by atoms with Crippen molar-refractivity contribution < 1.29 is 9.53 Å². The van der Waals surface area contributed by atoms with Crippen LogP contribution in [0.1, 0.15) is 33.6 Å². The molecule has 0 aliphatic carbocycles. The van der Waals surface area contributed by atoms with Crippen LogP contribution in [0.2, 0.25) is 0 Å². The minimum absolute atomic E-state index is 0.194. The quantitative estimate of drug-likeness (QED) is 0.746. The number of amides is 1. The van der Waals surface area contributed by atoms with Crippen LogP contribution in [0.5, 0.6) is 0 Å². The molecular weight excluding hydrogens is 218 g/mol. The van der Waals surface area contributed by atoms with Gasteiger partial charge in [-0.1, -0.05) is 0 Å². The molecule has 5 heteroatoms. The van der Waals surface area contributed by atoms with Crippen molar-refractivity contribution in [2.24, 2.45) is 0 Å². The molecular formula is C12H25N3O2. The van der Waals surface area contributed by atoms with Crippen molar-refractivity contribution in [3.05, 3.63) is 0 Å². The first-order valence-corrected chi connectivity index (χ1v) is 6.19. The van der Waals surface area contributed by atoms with E-state index < -0.39 is 5.60 Å². The third kappa shape index (κ3) is 5.37. The van der Waals surface area contributed by atoms with Crippen LogP contribution in [0.4, 0.5) is 4.79 Å². The minimum atomic E-state index is -0.407. The summed E-state index contributed by atoms with van der Waals surface area (Å²) in [6.07, 6.45) is 1.75. The van der Waals surface area contributed by atoms with Crippen LogP contribution in [-0.2, 0) is 4.74 Å². The Morgan fingerprint density at radius 1 is 1.29 bits per heavy atom. The molecule has 100 valence electrons. The molecule has 0 aromatic rings. The first kappa shape index (κ1) is 14.3. The molecule has 0 spiro atoms. The molecule has 0 saturated carbocycles. The van der Waals surface area contributed by atoms with E-state index in [0.717, 1.165) is 25.9 Å². The normalized spacial score (nSPS) is 18.6. The Morgan fingerprint density at radius 3 is 2.24 bits per heavy atom. The van der Waals surface area contributed by atoms with Crippen molar-refractivity contribution in [1.82, 2.24) is 15.3 Å². The number of hydrazine groups is 1. The number of likely N-dealkylation sites (tertiary alicyclic amines) is 1. The molecule has 1 N–H and O–H groups in total. The molecule has 0 aromatic carbocycles. The lowest BCUT2D eigenvalue weighted by Gasteiger charge is -2.34. The summed E-state index contributed by atoms with van der Waals surface area (Å²) in [7, 11) is 3.97. The molecule has 0 atom stereocenters. The van der Waals surface area contributed by atoms with E-state index in [1.165, 1.54) is 0 Å². The summed E-state index contributed by atoms with van der Waals surface area (Å²) in [6.45, 7) is 7.21. The van der Waals surface area contributed by atoms with Gasteiger partial charge in [-0.25, -0.2) is 4.79 Å². The van der Waals surface area contributed by atoms with Crippen LogP contribution in [0, 0.1) is 0 Å². The number of nitrogens with zero attached hydrogens (tertiary/aromatic N) is 2. The predicted molar refractivity (Wildman–Crippen MR) is 67.7 cm³/mol. The fourth-order valence-corrected chi connectivity index (χ4v) is 1.88. The highest BCUT2D eigenvalue weighted by Crippen LogP contribution is 2.15. The van der Waals surface area contributed by atoms with E-state index in [4.69, 9.17) is 4.74 Å². The number of carbonyl (C=O) groups excluding carboxylic acids is 1. The Balaban J connectivity index is 2.34. The predicted octanol–water partition coefficient (Wildman–Crippen LogP) is 1.45. The second-order valence-electron chi connectivity index (χ2n) is 5.77. The van der Waals surface area contributed by atoms with E-state index in [2.05, 4.69) is 5.43 Å². The van der Waals surface area contributed by atoms with E-state index in [1.54, 1.807) is 4.90 Å². The van der Waals surface area contributed by atoms with Gasteiger partial charge in [0.1, 0.15) is 5.60 Å². The van der Waals surface area contributed by atoms with Gasteiger partial charge in [0.2, 0.25) is 0 Å². The van der Waals surface area contributed by atoms with Crippen molar-refractivity contribution in [2.75, 3.05) is 27.2 Å². The molecule has 1 amide bonds. The molecule has 1 saturated heterocycles. The summed E-state index contributed by atoms with van der Waals surface area (Å²) in [5.74, 6) is 0. The van der Waals surface area contributed by atoms with E-state index in [1.807, 2.05) is 39.9 Å². The zero-order valence-corrected chi connectivity index (χ0v) is 11.6. The third-order valence-electron chi connectivity index (χ3n) is 2.59. The lowest BCUT2D eigenvalue weighted by atomic mass is 10.1. The molecule has 1 fully saturated rings. The Hall–Kier alpha value is -0.810. The Morgan fingerprint density at radius 2 is 1.82 bits per heavy atom. The van der Waals surface area contributed by atoms with Gasteiger partial charge >= 0.3 is 6.09 Å². The van der Waals surface area contributed by atoms with Crippen molar-refractivity contribution in [3.63, 3.8) is 0 Å². The second-order valence-corrected chi connectivity index (χ2v) is 5.77. The molecule has 1 aliphatic heterocycles. The monoisotopic (exact) mass is 243 g/mol. The molecule has 1 rings (SSSR count). The molecule has 0 bridgehead atoms. The van der Waals surface area contributed by atoms with E-state index in [0.29, 0.717) is 6.04 Å². The third-order valence-corrected chi connectivity index (χ3v) is 2.59. The van der Waals surface area contributed by atoms with Crippen molar-refractivity contribution >= 4 is 6.09 Å². The summed E-state index contributed by atoms with van der Waals surface area (Å²) < 4.78 is 5.35. The molecule has 5 nitrogen and oxygen atoms in total. The SMILES string of the molecule is CN(C)NC1CCN(C(=O)OC(C)(C)C)CC1. The Bertz CT molecular complexity index is 253. The summed E-state index contributed by atoms with van der Waals surface area (Å²) in [4.78, 5) is 13.6. The maximum absolute atomic E-state index is 11.8. The van der Waals surface area contributed by atoms with Gasteiger partial charge < -0.3 is 9.64 Å². The van der Waals surface area contributed by atoms with Gasteiger partial charge in [-0.2, -0.15) is 0 Å². The number of hydrogen-bond acceptors (Lipinski definition) is 4. The van der Waals surface area contributed by atoms with Gasteiger partial charge in [-0.15, -0.1) is 0 Å². The highest BCUT2D eigenvalue weighted by atomic mass is 16.6. The lowest BCUT2D eigenvalue weighted by Crippen LogP contribution is -2.49. The fourth-order valence-electron chi connectivity index (χ4n) is 1.88. The van der Waals surface area contributed by atoms with Crippen molar-refractivity contribution in [3.8, 4) is 0 Å². The van der Waals surface area contributed by atoms with Gasteiger partial charge in [-0.3, -0.25) is 10.4 Å². The number of ether oxygens (including phenoxy) is 1. The number of rotatable bonds is 2. The summed E-state index contributed by atoms with van der Waals surface area (Å²) in [6, 6.07) is 0.462. The summed E-state index contributed by atoms with van der Waals surface area (Å²) >= 11 is 0. The maximum atomic E-state index is 11.8. The van der Waals surface area contributed by atoms with Crippen LogP contribution < -0.4 is 5.43 Å². The molecule has 1 heterocycles. The van der Waals surface area contributed by atoms with Crippen molar-refractivity contribution in [2.45, 2.75) is 45.3 Å². The van der Waals surface area contributed by atoms with Gasteiger partial charge in [0.05, 0.1) is 0 Å². The van der Waals surface area contributed by atoms with Crippen LogP contribution in [0.25, 0.3) is 0 Å². The smallest absolute Gasteiger partial charge is 0.410 e. The van der Waals surface area contributed by atoms with Crippen molar-refractivity contribution in [1.29, 1.82) is 0 Å². The molecule has 0 unspecified atom stereocenters. The molecule has 0 radical (unpaired) electrons. The minimum Gasteiger partial charge on any atom is -0.444 e. The number of hydrogen-bond donors (Lipinski definition) is 1. The first-order chi connectivity index (χ1) is 7.78. The fraction of sp³-hybridized carbons (Fsp3) is 0.917. The first-order valence-electron chi connectivity index (χ1n) is 6.19. The highest BCUT2D eigenvalue weighted by Gasteiger charge is 2.26. The van der Waals surface area contributed by atoms with E-state index >= 15 is 0 Å². The average molecular weight is 243 g/mol. The molecule has 0 aromatic heterocycles. The van der Waals surface area contributed by atoms with E-state index in [9.17, 15) is 4.79 Å². The van der Waals surface area contributed by atoms with Gasteiger partial charge in [0.15, 0.2) is 0 Å². The van der Waals surface area contributed by atoms with E-state index in [-0.39, 0.29) is 6.09 Å². The second kappa shape index (κ2) is 5.69. The number of nitrogens with one attached hydrogen (secondary N) is 1. The summed E-state index contributed by atoms with van der Waals surface area (Å²) in [5.41, 5.74) is 2.94. The summed E-state index contributed by atoms with van der Waals surface area (Å²) in [5, 5.41) is 1.97. The lowest BCUT2D eigenvalue weighted by molar-refractivity contribution is 0.0180. The van der Waals surface area contributed by atoms with Crippen LogP contribution >= 0.6 is 0 Å². The standard InChI is InChI=1S/C12H25N3O2/c1-12(2,3)17-11(16)15-8-6-10(7-9-15)13-14(4)5/h10,13H,6-9H2,1-5H3. The largest absolute Gasteiger partial charge is 0.444 e. The van der Waals surface area contributed by atoms with Gasteiger partial charge in [0, 0.05) is 33.2 Å². The maximum Gasteiger partial charge on any atom is 0.410 e. The van der Waals surface area contributed by atoms with Gasteiger partial charge in [-0.05, 0) is 33.6 Å². The van der Waals surface area contributed by atoms with Gasteiger partial charge in [0.25, 0.3) is 0 Å². The zero-order valence-electron chi connectivity index (χ0n) is 11.6. The Labute approximate surface area is 104 Å². The molecule has 1 aliphatic rings. The topological polar surface area (TPSA) is 44.8 Å². The average Bonchev–Trinajstić information content (AvgIpc) is 2.15. The van der Waals surface area contributed by atoms with Crippen LogP contribution in [-0.4, -0.2) is 54.8 Å². The number of piperidine rings is 1. The number of carbonyl (C=O) groups is 1. The Kier molecular flexibility index (Phi) is 4.77. The zero-order chi connectivity index (χ0) is 13.1. The molecule has 17 heavy (non-hydrogen) atoms. The van der Waals surface area contributed by atoms with Crippen LogP contribution in [0.15, 0.2) is 0 Å². The highest BCUT2D eigenvalue weighted by molar-refractivity contribution is 5.68. The van der Waals surface area contributed by atoms with Crippen LogP contribution in [0.3, 0.4) is 0 Å².